The van der Waals surface area contributed by atoms with Gasteiger partial charge in [-0.25, -0.2) is 0 Å². The average molecular weight is 346 g/mol. The summed E-state index contributed by atoms with van der Waals surface area (Å²) in [5, 5.41) is 0. The molecule has 25 heavy (non-hydrogen) atoms. The van der Waals surface area contributed by atoms with Gasteiger partial charge >= 0.3 is 0 Å². The van der Waals surface area contributed by atoms with Gasteiger partial charge in [-0.3, -0.25) is 9.59 Å². The fraction of sp³-hybridized carbons (Fsp3) is 0.684. The normalized spacial score (nSPS) is 27.2. The van der Waals surface area contributed by atoms with Gasteiger partial charge in [-0.2, -0.15) is 0 Å². The lowest BCUT2D eigenvalue weighted by Gasteiger charge is -2.40. The molecule has 1 aromatic rings. The van der Waals surface area contributed by atoms with Crippen LogP contribution in [0.4, 0.5) is 0 Å². The van der Waals surface area contributed by atoms with Gasteiger partial charge < -0.3 is 19.0 Å². The Morgan fingerprint density at radius 3 is 2.76 bits per heavy atom. The molecule has 6 heteroatoms. The van der Waals surface area contributed by atoms with Crippen molar-refractivity contribution in [1.82, 2.24) is 9.80 Å². The second kappa shape index (κ2) is 6.16. The number of hydrogen-bond donors (Lipinski definition) is 0. The fourth-order valence-corrected chi connectivity index (χ4v) is 4.12. The van der Waals surface area contributed by atoms with Crippen LogP contribution in [0, 0.1) is 19.8 Å². The molecule has 1 atom stereocenters. The molecule has 0 N–H and O–H groups in total. The lowest BCUT2D eigenvalue weighted by Crippen LogP contribution is -2.57. The highest BCUT2D eigenvalue weighted by atomic mass is 16.5. The molecule has 2 amide bonds. The first kappa shape index (κ1) is 16.6. The van der Waals surface area contributed by atoms with Crippen molar-refractivity contribution < 1.29 is 18.7 Å². The molecule has 2 aliphatic heterocycles. The first-order chi connectivity index (χ1) is 12.0. The van der Waals surface area contributed by atoms with Crippen LogP contribution >= 0.6 is 0 Å². The number of amides is 2. The molecule has 1 aliphatic carbocycles. The molecule has 136 valence electrons. The number of nitrogens with zero attached hydrogens (tertiary/aromatic N) is 2. The Morgan fingerprint density at radius 1 is 1.36 bits per heavy atom. The highest BCUT2D eigenvalue weighted by molar-refractivity contribution is 5.96. The van der Waals surface area contributed by atoms with Gasteiger partial charge in [-0.15, -0.1) is 0 Å². The van der Waals surface area contributed by atoms with E-state index in [9.17, 15) is 9.59 Å². The third kappa shape index (κ3) is 3.08. The van der Waals surface area contributed by atoms with E-state index in [-0.39, 0.29) is 17.4 Å². The highest BCUT2D eigenvalue weighted by Crippen LogP contribution is 2.37. The van der Waals surface area contributed by atoms with E-state index in [1.807, 2.05) is 23.6 Å². The number of furan rings is 1. The minimum absolute atomic E-state index is 0.0401. The maximum absolute atomic E-state index is 13.1. The molecular weight excluding hydrogens is 320 g/mol. The molecule has 3 heterocycles. The zero-order chi connectivity index (χ0) is 17.6. The van der Waals surface area contributed by atoms with Gasteiger partial charge in [0.1, 0.15) is 11.5 Å². The zero-order valence-electron chi connectivity index (χ0n) is 15.0. The van der Waals surface area contributed by atoms with Crippen molar-refractivity contribution in [1.29, 1.82) is 0 Å². The molecule has 0 bridgehead atoms. The molecule has 1 spiro atoms. The van der Waals surface area contributed by atoms with Gasteiger partial charge in [0.2, 0.25) is 5.91 Å². The number of aryl methyl sites for hydroxylation is 2. The maximum atomic E-state index is 13.1. The predicted octanol–water partition coefficient (Wildman–Crippen LogP) is 2.14. The van der Waals surface area contributed by atoms with E-state index in [4.69, 9.17) is 9.15 Å². The van der Waals surface area contributed by atoms with Crippen molar-refractivity contribution in [3.05, 3.63) is 23.2 Å². The van der Waals surface area contributed by atoms with Crippen LogP contribution in [0.3, 0.4) is 0 Å². The van der Waals surface area contributed by atoms with Crippen LogP contribution in [0.15, 0.2) is 10.5 Å². The summed E-state index contributed by atoms with van der Waals surface area (Å²) in [6.07, 6.45) is 3.60. The van der Waals surface area contributed by atoms with Gasteiger partial charge in [-0.05, 0) is 45.1 Å². The molecule has 1 aromatic heterocycles. The van der Waals surface area contributed by atoms with Crippen LogP contribution in [0.25, 0.3) is 0 Å². The number of carbonyl (C=O) groups excluding carboxylic acids is 2. The van der Waals surface area contributed by atoms with Crippen molar-refractivity contribution in [2.24, 2.45) is 5.92 Å². The molecule has 0 radical (unpaired) electrons. The highest BCUT2D eigenvalue weighted by Gasteiger charge is 2.48. The first-order valence-electron chi connectivity index (χ1n) is 9.23. The maximum Gasteiger partial charge on any atom is 0.257 e. The van der Waals surface area contributed by atoms with E-state index < -0.39 is 0 Å². The van der Waals surface area contributed by atoms with Gasteiger partial charge in [0.15, 0.2) is 0 Å². The van der Waals surface area contributed by atoms with Gasteiger partial charge in [0.05, 0.1) is 17.7 Å². The minimum Gasteiger partial charge on any atom is -0.466 e. The zero-order valence-corrected chi connectivity index (χ0v) is 15.0. The second-order valence-electron chi connectivity index (χ2n) is 7.78. The number of rotatable bonds is 3. The van der Waals surface area contributed by atoms with Crippen LogP contribution < -0.4 is 0 Å². The molecule has 3 fully saturated rings. The molecule has 6 nitrogen and oxygen atoms in total. The summed E-state index contributed by atoms with van der Waals surface area (Å²) in [6, 6.07) is 1.80. The SMILES string of the molecule is Cc1cc(C(=O)N2CCC(=O)N(CC3CC3)C3(CCOC3)C2)c(C)o1. The van der Waals surface area contributed by atoms with Crippen molar-refractivity contribution in [3.8, 4) is 0 Å². The summed E-state index contributed by atoms with van der Waals surface area (Å²) in [5.74, 6) is 2.13. The van der Waals surface area contributed by atoms with Crippen LogP contribution in [-0.2, 0) is 9.53 Å². The largest absolute Gasteiger partial charge is 0.466 e. The lowest BCUT2D eigenvalue weighted by molar-refractivity contribution is -0.136. The molecule has 0 aromatic carbocycles. The van der Waals surface area contributed by atoms with Crippen molar-refractivity contribution in [2.75, 3.05) is 32.8 Å². The minimum atomic E-state index is -0.363. The third-order valence-corrected chi connectivity index (χ3v) is 5.73. The number of carbonyl (C=O) groups is 2. The van der Waals surface area contributed by atoms with E-state index in [0.29, 0.717) is 50.0 Å². The fourth-order valence-electron chi connectivity index (χ4n) is 4.12. The third-order valence-electron chi connectivity index (χ3n) is 5.73. The summed E-state index contributed by atoms with van der Waals surface area (Å²) in [6.45, 7) is 6.67. The van der Waals surface area contributed by atoms with Gasteiger partial charge in [0, 0.05) is 32.7 Å². The van der Waals surface area contributed by atoms with Crippen molar-refractivity contribution in [2.45, 2.75) is 45.1 Å². The summed E-state index contributed by atoms with van der Waals surface area (Å²) in [4.78, 5) is 29.8. The average Bonchev–Trinajstić information content (AvgIpc) is 3.21. The number of ether oxygens (including phenoxy) is 1. The summed E-state index contributed by atoms with van der Waals surface area (Å²) < 4.78 is 11.2. The summed E-state index contributed by atoms with van der Waals surface area (Å²) >= 11 is 0. The Balaban J connectivity index is 1.61. The number of hydrogen-bond acceptors (Lipinski definition) is 4. The monoisotopic (exact) mass is 346 g/mol. The van der Waals surface area contributed by atoms with Crippen LogP contribution in [0.1, 0.15) is 47.6 Å². The van der Waals surface area contributed by atoms with Crippen LogP contribution in [0.5, 0.6) is 0 Å². The lowest BCUT2D eigenvalue weighted by atomic mass is 9.94. The first-order valence-corrected chi connectivity index (χ1v) is 9.23. The quantitative estimate of drug-likeness (QED) is 0.841. The Bertz CT molecular complexity index is 686. The van der Waals surface area contributed by atoms with E-state index >= 15 is 0 Å². The van der Waals surface area contributed by atoms with Gasteiger partial charge in [0.25, 0.3) is 5.91 Å². The molecular formula is C19H26N2O4. The Morgan fingerprint density at radius 2 is 2.16 bits per heavy atom. The van der Waals surface area contributed by atoms with E-state index in [1.54, 1.807) is 6.07 Å². The van der Waals surface area contributed by atoms with E-state index in [1.165, 1.54) is 12.8 Å². The van der Waals surface area contributed by atoms with Crippen LogP contribution in [-0.4, -0.2) is 60.0 Å². The topological polar surface area (TPSA) is 63.0 Å². The summed E-state index contributed by atoms with van der Waals surface area (Å²) in [5.41, 5.74) is 0.244. The van der Waals surface area contributed by atoms with Gasteiger partial charge in [-0.1, -0.05) is 0 Å². The molecule has 1 saturated carbocycles. The standard InChI is InChI=1S/C19H26N2O4/c1-13-9-16(14(2)25-13)18(23)20-7-5-17(22)21(10-15-3-4-15)19(11-20)6-8-24-12-19/h9,15H,3-8,10-12H2,1-2H3. The molecule has 4 rings (SSSR count). The molecule has 2 saturated heterocycles. The Hall–Kier alpha value is -1.82. The molecule has 3 aliphatic rings. The van der Waals surface area contributed by atoms with Crippen molar-refractivity contribution >= 4 is 11.8 Å². The van der Waals surface area contributed by atoms with Crippen LogP contribution in [0.2, 0.25) is 0 Å². The molecule has 1 unspecified atom stereocenters. The summed E-state index contributed by atoms with van der Waals surface area (Å²) in [7, 11) is 0. The Kier molecular flexibility index (Phi) is 4.10. The van der Waals surface area contributed by atoms with E-state index in [2.05, 4.69) is 0 Å². The Labute approximate surface area is 148 Å². The van der Waals surface area contributed by atoms with E-state index in [0.717, 1.165) is 18.7 Å². The predicted molar refractivity (Wildman–Crippen MR) is 91.3 cm³/mol. The smallest absolute Gasteiger partial charge is 0.257 e. The second-order valence-corrected chi connectivity index (χ2v) is 7.78. The van der Waals surface area contributed by atoms with Crippen molar-refractivity contribution in [3.63, 3.8) is 0 Å².